The molecule has 0 aliphatic heterocycles. The van der Waals surface area contributed by atoms with Crippen LogP contribution in [0, 0.1) is 28.6 Å². The Morgan fingerprint density at radius 3 is 2.58 bits per heavy atom. The van der Waals surface area contributed by atoms with Crippen molar-refractivity contribution in [3.8, 4) is 5.75 Å². The molecule has 3 fully saturated rings. The van der Waals surface area contributed by atoms with Crippen LogP contribution in [0.25, 0.3) is 0 Å². The van der Waals surface area contributed by atoms with Crippen LogP contribution in [0.3, 0.4) is 0 Å². The minimum Gasteiger partial charge on any atom is -0.507 e. The highest BCUT2D eigenvalue weighted by atomic mass is 16.6. The first-order chi connectivity index (χ1) is 24.4. The van der Waals surface area contributed by atoms with Crippen LogP contribution < -0.4 is 0 Å². The van der Waals surface area contributed by atoms with E-state index in [4.69, 9.17) is 9.47 Å². The molecule has 52 heavy (non-hydrogen) atoms. The number of esters is 2. The number of fused-ring (bicyclic) bond motifs is 5. The molecule has 7 unspecified atom stereocenters. The number of ketones is 2. The summed E-state index contributed by atoms with van der Waals surface area (Å²) in [5, 5.41) is 33.9. The first-order valence-corrected chi connectivity index (χ1v) is 18.1. The Hall–Kier alpha value is -4.41. The second-order valence-corrected chi connectivity index (χ2v) is 16.4. The van der Waals surface area contributed by atoms with E-state index in [1.165, 1.54) is 6.07 Å². The summed E-state index contributed by atoms with van der Waals surface area (Å²) in [4.78, 5) is 56.0. The predicted octanol–water partition coefficient (Wildman–Crippen LogP) is 5.96. The monoisotopic (exact) mass is 711 g/mol. The Balaban J connectivity index is 1.08. The smallest absolute Gasteiger partial charge is 0.342 e. The van der Waals surface area contributed by atoms with Gasteiger partial charge in [0.2, 0.25) is 5.78 Å². The van der Waals surface area contributed by atoms with Gasteiger partial charge in [0.05, 0.1) is 18.2 Å². The molecular weight excluding hydrogens is 662 g/mol. The van der Waals surface area contributed by atoms with E-state index in [0.717, 1.165) is 24.0 Å². The van der Waals surface area contributed by atoms with Gasteiger partial charge >= 0.3 is 11.9 Å². The number of rotatable bonds is 9. The maximum Gasteiger partial charge on any atom is 0.342 e. The van der Waals surface area contributed by atoms with Gasteiger partial charge in [-0.05, 0) is 106 Å². The number of hydrogen-bond donors (Lipinski definition) is 3. The fourth-order valence-corrected chi connectivity index (χ4v) is 9.50. The van der Waals surface area contributed by atoms with Crippen LogP contribution in [0.2, 0.25) is 0 Å². The van der Waals surface area contributed by atoms with E-state index in [1.54, 1.807) is 75.5 Å². The molecule has 0 amide bonds. The lowest BCUT2D eigenvalue weighted by Gasteiger charge is -2.59. The zero-order chi connectivity index (χ0) is 37.6. The summed E-state index contributed by atoms with van der Waals surface area (Å²) in [6, 6.07) is 11.7. The highest BCUT2D eigenvalue weighted by Crippen LogP contribution is 2.67. The van der Waals surface area contributed by atoms with E-state index in [2.05, 4.69) is 11.9 Å². The van der Waals surface area contributed by atoms with Crippen molar-refractivity contribution in [2.75, 3.05) is 6.61 Å². The highest BCUT2D eigenvalue weighted by molar-refractivity contribution is 6.01. The van der Waals surface area contributed by atoms with E-state index in [9.17, 15) is 34.5 Å². The van der Waals surface area contributed by atoms with Crippen molar-refractivity contribution in [1.82, 2.24) is 0 Å². The Bertz CT molecular complexity index is 1870. The normalized spacial score (nSPS) is 31.0. The summed E-state index contributed by atoms with van der Waals surface area (Å²) in [5.74, 6) is -2.10. The predicted molar refractivity (Wildman–Crippen MR) is 194 cm³/mol. The molecule has 2 aromatic rings. The van der Waals surface area contributed by atoms with E-state index in [-0.39, 0.29) is 54.1 Å². The maximum absolute atomic E-state index is 13.7. The molecule has 0 saturated heterocycles. The Labute approximate surface area is 304 Å². The number of phenols is 1. The second kappa shape index (κ2) is 13.9. The van der Waals surface area contributed by atoms with Crippen molar-refractivity contribution in [2.45, 2.75) is 96.9 Å². The van der Waals surface area contributed by atoms with Crippen LogP contribution >= 0.6 is 0 Å². The maximum atomic E-state index is 13.7. The van der Waals surface area contributed by atoms with Gasteiger partial charge in [0.1, 0.15) is 22.5 Å². The van der Waals surface area contributed by atoms with E-state index < -0.39 is 52.5 Å². The van der Waals surface area contributed by atoms with Crippen molar-refractivity contribution in [3.63, 3.8) is 0 Å². The molecule has 276 valence electrons. The molecule has 7 atom stereocenters. The van der Waals surface area contributed by atoms with Gasteiger partial charge in [-0.3, -0.25) is 19.4 Å². The zero-order valence-electron chi connectivity index (χ0n) is 30.6. The zero-order valence-corrected chi connectivity index (χ0v) is 30.6. The van der Waals surface area contributed by atoms with Crippen molar-refractivity contribution in [1.29, 1.82) is 0 Å². The fraction of sp³-hybridized carbons (Fsp3) is 0.500. The lowest BCUT2D eigenvalue weighted by Crippen LogP contribution is -2.61. The van der Waals surface area contributed by atoms with Crippen LogP contribution in [-0.2, 0) is 36.7 Å². The van der Waals surface area contributed by atoms with Gasteiger partial charge in [-0.15, -0.1) is 0 Å². The summed E-state index contributed by atoms with van der Waals surface area (Å²) in [6.07, 6.45) is 8.86. The summed E-state index contributed by atoms with van der Waals surface area (Å²) in [6.45, 7) is 8.64. The van der Waals surface area contributed by atoms with Crippen LogP contribution in [0.15, 0.2) is 71.3 Å². The topological polar surface area (TPSA) is 160 Å². The number of aliphatic imine (C=N–C) groups is 1. The van der Waals surface area contributed by atoms with Gasteiger partial charge in [0.15, 0.2) is 12.4 Å². The van der Waals surface area contributed by atoms with Crippen molar-refractivity contribution in [2.24, 2.45) is 33.6 Å². The molecule has 4 aliphatic rings. The van der Waals surface area contributed by atoms with Gasteiger partial charge in [0, 0.05) is 29.4 Å². The van der Waals surface area contributed by atoms with Crippen LogP contribution in [0.4, 0.5) is 5.69 Å². The summed E-state index contributed by atoms with van der Waals surface area (Å²) in [7, 11) is 0. The molecule has 6 rings (SSSR count). The molecule has 0 radical (unpaired) electrons. The third-order valence-electron chi connectivity index (χ3n) is 12.0. The van der Waals surface area contributed by atoms with Gasteiger partial charge in [-0.2, -0.15) is 0 Å². The molecule has 0 heterocycles. The van der Waals surface area contributed by atoms with Crippen LogP contribution in [0.1, 0.15) is 88.2 Å². The third kappa shape index (κ3) is 6.90. The number of hydrogen-bond acceptors (Lipinski definition) is 10. The lowest BCUT2D eigenvalue weighted by atomic mass is 9.46. The number of Topliss-reactive ketones (excluding diaryl/α,β-unsaturated/α-hetero) is 1. The summed E-state index contributed by atoms with van der Waals surface area (Å²) in [5.41, 5.74) is -0.869. The standard InChI is InChI=1S/C42H49NO9/c1-39(2,3)52-38(49)30-20-25(10-13-33(30)45)16-19-43-32-9-7-6-8-26(32)21-36(48)51-24-35(47)42(50)18-15-31-29-12-11-27-22-28(44)14-17-40(27,4)37(29)34(46)23-41(31,42)5/h6-10,13-14,17,19-20,22,29,31,34,37,45-46,50H,11-12,15-16,18,21,23-24H2,1-5H3. The molecular formula is C42H49NO9. The molecule has 3 saturated carbocycles. The van der Waals surface area contributed by atoms with E-state index in [0.29, 0.717) is 24.1 Å². The SMILES string of the molecule is CC(C)(C)OC(=O)c1cc(CC=Nc2ccccc2CC(=O)OCC(=O)C2(O)CCC3C4CCC5=CC(=O)C=CC5(C)C4C(O)CC32C)ccc1O. The van der Waals surface area contributed by atoms with Gasteiger partial charge < -0.3 is 24.8 Å². The Morgan fingerprint density at radius 1 is 1.08 bits per heavy atom. The van der Waals surface area contributed by atoms with Crippen LogP contribution in [0.5, 0.6) is 5.75 Å². The highest BCUT2D eigenvalue weighted by Gasteiger charge is 2.68. The summed E-state index contributed by atoms with van der Waals surface area (Å²) < 4.78 is 10.9. The van der Waals surface area contributed by atoms with E-state index in [1.807, 2.05) is 13.0 Å². The first kappa shape index (κ1) is 37.4. The number of carbonyl (C=O) groups excluding carboxylic acids is 4. The molecule has 3 N–H and O–H groups in total. The number of nitrogens with zero attached hydrogens (tertiary/aromatic N) is 1. The summed E-state index contributed by atoms with van der Waals surface area (Å²) >= 11 is 0. The molecule has 2 aromatic carbocycles. The van der Waals surface area contributed by atoms with Crippen molar-refractivity contribution < 1.29 is 44.0 Å². The van der Waals surface area contributed by atoms with E-state index >= 15 is 0 Å². The number of aliphatic hydroxyl groups is 2. The molecule has 0 aromatic heterocycles. The number of carbonyl (C=O) groups is 4. The number of aromatic hydroxyl groups is 1. The first-order valence-electron chi connectivity index (χ1n) is 18.1. The third-order valence-corrected chi connectivity index (χ3v) is 12.0. The molecule has 10 heteroatoms. The lowest BCUT2D eigenvalue weighted by molar-refractivity contribution is -0.181. The number of phenolic OH excluding ortho intramolecular Hbond substituents is 1. The largest absolute Gasteiger partial charge is 0.507 e. The average molecular weight is 712 g/mol. The Kier molecular flexibility index (Phi) is 9.95. The molecule has 4 aliphatic carbocycles. The molecule has 10 nitrogen and oxygen atoms in total. The average Bonchev–Trinajstić information content (AvgIpc) is 3.34. The number of aliphatic hydroxyl groups excluding tert-OH is 1. The van der Waals surface area contributed by atoms with Crippen molar-refractivity contribution >= 4 is 35.4 Å². The minimum absolute atomic E-state index is 0.00910. The number of para-hydroxylation sites is 1. The van der Waals surface area contributed by atoms with Gasteiger partial charge in [0.25, 0.3) is 0 Å². The minimum atomic E-state index is -1.75. The Morgan fingerprint density at radius 2 is 1.83 bits per heavy atom. The van der Waals surface area contributed by atoms with Crippen LogP contribution in [-0.4, -0.2) is 69.0 Å². The number of ether oxygens (including phenoxy) is 2. The molecule has 0 spiro atoms. The quantitative estimate of drug-likeness (QED) is 0.211. The second-order valence-electron chi connectivity index (χ2n) is 16.4. The molecule has 0 bridgehead atoms. The number of benzene rings is 2. The number of allylic oxidation sites excluding steroid dienone is 4. The fourth-order valence-electron chi connectivity index (χ4n) is 9.50. The van der Waals surface area contributed by atoms with Gasteiger partial charge in [-0.25, -0.2) is 4.79 Å². The van der Waals surface area contributed by atoms with Crippen molar-refractivity contribution in [3.05, 3.63) is 83.0 Å². The van der Waals surface area contributed by atoms with Gasteiger partial charge in [-0.1, -0.05) is 49.8 Å².